The van der Waals surface area contributed by atoms with Gasteiger partial charge in [0.2, 0.25) is 0 Å². The van der Waals surface area contributed by atoms with E-state index in [1.807, 2.05) is 12.1 Å². The summed E-state index contributed by atoms with van der Waals surface area (Å²) in [5, 5.41) is 9.93. The number of ether oxygens (including phenoxy) is 3. The highest BCUT2D eigenvalue weighted by Crippen LogP contribution is 2.12. The predicted octanol–water partition coefficient (Wildman–Crippen LogP) is 1.34. The molecule has 1 aliphatic heterocycles. The molecule has 124 valence electrons. The lowest BCUT2D eigenvalue weighted by atomic mass is 10.2. The third-order valence-electron chi connectivity index (χ3n) is 3.71. The molecule has 5 heteroatoms. The molecule has 0 spiro atoms. The van der Waals surface area contributed by atoms with Gasteiger partial charge in [-0.2, -0.15) is 0 Å². The van der Waals surface area contributed by atoms with Gasteiger partial charge in [-0.1, -0.05) is 19.1 Å². The van der Waals surface area contributed by atoms with Gasteiger partial charge in [0.15, 0.2) is 0 Å². The Bertz CT molecular complexity index is 404. The molecular formula is C17H27NO4. The number of rotatable bonds is 9. The first-order chi connectivity index (χ1) is 10.8. The van der Waals surface area contributed by atoms with Gasteiger partial charge >= 0.3 is 0 Å². The van der Waals surface area contributed by atoms with E-state index in [0.717, 1.165) is 38.5 Å². The molecule has 1 fully saturated rings. The van der Waals surface area contributed by atoms with Gasteiger partial charge in [0.1, 0.15) is 12.4 Å². The molecule has 0 aliphatic carbocycles. The van der Waals surface area contributed by atoms with Gasteiger partial charge in [0, 0.05) is 19.6 Å². The first-order valence-corrected chi connectivity index (χ1v) is 8.05. The molecule has 1 unspecified atom stereocenters. The largest absolute Gasteiger partial charge is 0.491 e. The number of aliphatic hydroxyl groups excluding tert-OH is 1. The summed E-state index contributed by atoms with van der Waals surface area (Å²) in [5.41, 5.74) is 1.30. The van der Waals surface area contributed by atoms with Crippen LogP contribution < -0.4 is 4.74 Å². The van der Waals surface area contributed by atoms with Crippen LogP contribution in [0.3, 0.4) is 0 Å². The van der Waals surface area contributed by atoms with Crippen LogP contribution in [0, 0.1) is 0 Å². The topological polar surface area (TPSA) is 51.2 Å². The Morgan fingerprint density at radius 1 is 1.18 bits per heavy atom. The van der Waals surface area contributed by atoms with Crippen LogP contribution in [0.1, 0.15) is 12.5 Å². The molecule has 2 rings (SSSR count). The van der Waals surface area contributed by atoms with E-state index in [-0.39, 0.29) is 0 Å². The lowest BCUT2D eigenvalue weighted by Gasteiger charge is -2.28. The van der Waals surface area contributed by atoms with Gasteiger partial charge in [-0.25, -0.2) is 0 Å². The van der Waals surface area contributed by atoms with Crippen LogP contribution in [0.5, 0.6) is 5.75 Å². The zero-order valence-electron chi connectivity index (χ0n) is 13.4. The second-order valence-corrected chi connectivity index (χ2v) is 5.49. The molecular weight excluding hydrogens is 282 g/mol. The summed E-state index contributed by atoms with van der Waals surface area (Å²) in [4.78, 5) is 2.20. The Kier molecular flexibility index (Phi) is 7.66. The molecule has 1 aromatic carbocycles. The molecule has 0 aromatic heterocycles. The van der Waals surface area contributed by atoms with Crippen LogP contribution in [0.15, 0.2) is 24.3 Å². The Labute approximate surface area is 132 Å². The van der Waals surface area contributed by atoms with Gasteiger partial charge in [-0.3, -0.25) is 4.90 Å². The lowest BCUT2D eigenvalue weighted by Crippen LogP contribution is -2.42. The Hall–Kier alpha value is -1.14. The van der Waals surface area contributed by atoms with Crippen LogP contribution in [0.25, 0.3) is 0 Å². The number of nitrogens with zero attached hydrogens (tertiary/aromatic N) is 1. The molecule has 0 amide bonds. The standard InChI is InChI=1S/C17H27NO4/c1-2-15-3-5-17(6-4-15)22-12-11-21-14-16(19)13-18-7-9-20-10-8-18/h3-6,16,19H,2,7-14H2,1H3. The first-order valence-electron chi connectivity index (χ1n) is 8.05. The number of benzene rings is 1. The molecule has 5 nitrogen and oxygen atoms in total. The Morgan fingerprint density at radius 2 is 1.91 bits per heavy atom. The number of hydrogen-bond acceptors (Lipinski definition) is 5. The van der Waals surface area contributed by atoms with Crippen molar-refractivity contribution in [3.05, 3.63) is 29.8 Å². The molecule has 1 aromatic rings. The zero-order chi connectivity index (χ0) is 15.6. The van der Waals surface area contributed by atoms with E-state index in [0.29, 0.717) is 26.4 Å². The van der Waals surface area contributed by atoms with E-state index in [4.69, 9.17) is 14.2 Å². The van der Waals surface area contributed by atoms with Crippen LogP contribution >= 0.6 is 0 Å². The summed E-state index contributed by atoms with van der Waals surface area (Å²) in [6, 6.07) is 8.10. The van der Waals surface area contributed by atoms with Gasteiger partial charge in [0.05, 0.1) is 32.5 Å². The molecule has 1 atom stereocenters. The van der Waals surface area contributed by atoms with E-state index in [9.17, 15) is 5.11 Å². The third-order valence-corrected chi connectivity index (χ3v) is 3.71. The summed E-state index contributed by atoms with van der Waals surface area (Å²) >= 11 is 0. The second-order valence-electron chi connectivity index (χ2n) is 5.49. The van der Waals surface area contributed by atoms with E-state index in [1.54, 1.807) is 0 Å². The average Bonchev–Trinajstić information content (AvgIpc) is 2.56. The molecule has 1 heterocycles. The summed E-state index contributed by atoms with van der Waals surface area (Å²) in [5.74, 6) is 0.856. The van der Waals surface area contributed by atoms with Gasteiger partial charge in [-0.05, 0) is 24.1 Å². The minimum atomic E-state index is -0.457. The highest BCUT2D eigenvalue weighted by atomic mass is 16.5. The van der Waals surface area contributed by atoms with Crippen LogP contribution in [0.2, 0.25) is 0 Å². The number of β-amino-alcohol motifs (C(OH)–C–C–N with tert-alkyl or cyclic N) is 1. The normalized spacial score (nSPS) is 17.4. The fraction of sp³-hybridized carbons (Fsp3) is 0.647. The highest BCUT2D eigenvalue weighted by molar-refractivity contribution is 5.27. The summed E-state index contributed by atoms with van der Waals surface area (Å²) < 4.78 is 16.4. The summed E-state index contributed by atoms with van der Waals surface area (Å²) in [6.07, 6.45) is 0.576. The van der Waals surface area contributed by atoms with E-state index >= 15 is 0 Å². The van der Waals surface area contributed by atoms with Crippen molar-refractivity contribution >= 4 is 0 Å². The summed E-state index contributed by atoms with van der Waals surface area (Å²) in [7, 11) is 0. The predicted molar refractivity (Wildman–Crippen MR) is 85.4 cm³/mol. The van der Waals surface area contributed by atoms with Gasteiger partial charge in [-0.15, -0.1) is 0 Å². The SMILES string of the molecule is CCc1ccc(OCCOCC(O)CN2CCOCC2)cc1. The van der Waals surface area contributed by atoms with Crippen molar-refractivity contribution < 1.29 is 19.3 Å². The summed E-state index contributed by atoms with van der Waals surface area (Å²) in [6.45, 7) is 7.36. The number of hydrogen-bond donors (Lipinski definition) is 1. The monoisotopic (exact) mass is 309 g/mol. The molecule has 1 aliphatic rings. The van der Waals surface area contributed by atoms with Crippen LogP contribution in [0.4, 0.5) is 0 Å². The Balaban J connectivity index is 1.52. The maximum atomic E-state index is 9.93. The molecule has 0 saturated carbocycles. The minimum Gasteiger partial charge on any atom is -0.491 e. The molecule has 0 bridgehead atoms. The van der Waals surface area contributed by atoms with Crippen molar-refractivity contribution in [3.63, 3.8) is 0 Å². The van der Waals surface area contributed by atoms with E-state index in [1.165, 1.54) is 5.56 Å². The van der Waals surface area contributed by atoms with Crippen molar-refractivity contribution in [2.24, 2.45) is 0 Å². The second kappa shape index (κ2) is 9.79. The van der Waals surface area contributed by atoms with Gasteiger partial charge < -0.3 is 19.3 Å². The van der Waals surface area contributed by atoms with Crippen molar-refractivity contribution in [2.75, 3.05) is 52.7 Å². The number of aryl methyl sites for hydroxylation is 1. The fourth-order valence-corrected chi connectivity index (χ4v) is 2.39. The highest BCUT2D eigenvalue weighted by Gasteiger charge is 2.14. The van der Waals surface area contributed by atoms with E-state index < -0.39 is 6.10 Å². The van der Waals surface area contributed by atoms with Crippen LogP contribution in [-0.2, 0) is 15.9 Å². The molecule has 1 N–H and O–H groups in total. The number of aliphatic hydroxyl groups is 1. The smallest absolute Gasteiger partial charge is 0.119 e. The van der Waals surface area contributed by atoms with Crippen molar-refractivity contribution in [1.29, 1.82) is 0 Å². The first kappa shape index (κ1) is 17.2. The van der Waals surface area contributed by atoms with Gasteiger partial charge in [0.25, 0.3) is 0 Å². The fourth-order valence-electron chi connectivity index (χ4n) is 2.39. The van der Waals surface area contributed by atoms with Crippen molar-refractivity contribution in [2.45, 2.75) is 19.4 Å². The minimum absolute atomic E-state index is 0.343. The quantitative estimate of drug-likeness (QED) is 0.698. The Morgan fingerprint density at radius 3 is 2.59 bits per heavy atom. The molecule has 0 radical (unpaired) electrons. The zero-order valence-corrected chi connectivity index (χ0v) is 13.4. The maximum absolute atomic E-state index is 9.93. The molecule has 22 heavy (non-hydrogen) atoms. The average molecular weight is 309 g/mol. The van der Waals surface area contributed by atoms with Crippen LogP contribution in [-0.4, -0.2) is 68.8 Å². The van der Waals surface area contributed by atoms with E-state index in [2.05, 4.69) is 24.0 Å². The third kappa shape index (κ3) is 6.32. The van der Waals surface area contributed by atoms with Crippen molar-refractivity contribution in [3.8, 4) is 5.75 Å². The molecule has 1 saturated heterocycles. The number of morpholine rings is 1. The lowest BCUT2D eigenvalue weighted by molar-refractivity contribution is -0.0178. The van der Waals surface area contributed by atoms with Crippen molar-refractivity contribution in [1.82, 2.24) is 4.90 Å². The maximum Gasteiger partial charge on any atom is 0.119 e.